The molecule has 4 nitrogen and oxygen atoms in total. The van der Waals surface area contributed by atoms with E-state index in [2.05, 4.69) is 42.1 Å². The fraction of sp³-hybridized carbons (Fsp3) is 0.192. The number of hydrogen-bond donors (Lipinski definition) is 0. The van der Waals surface area contributed by atoms with E-state index in [1.165, 1.54) is 5.56 Å². The summed E-state index contributed by atoms with van der Waals surface area (Å²) in [4.78, 5) is 0. The van der Waals surface area contributed by atoms with Gasteiger partial charge in [0, 0.05) is 22.3 Å². The van der Waals surface area contributed by atoms with Crippen molar-refractivity contribution in [3.05, 3.63) is 94.5 Å². The Morgan fingerprint density at radius 3 is 1.94 bits per heavy atom. The van der Waals surface area contributed by atoms with E-state index in [0.29, 0.717) is 27.8 Å². The third kappa shape index (κ3) is 4.57. The minimum Gasteiger partial charge on any atom is -0.261 e. The monoisotopic (exact) mass is 483 g/mol. The van der Waals surface area contributed by atoms with Gasteiger partial charge in [0.15, 0.2) is 0 Å². The van der Waals surface area contributed by atoms with Gasteiger partial charge in [-0.2, -0.15) is 21.6 Å². The molecular weight excluding hydrogens is 463 g/mol. The molecule has 3 aromatic rings. The van der Waals surface area contributed by atoms with E-state index in [9.17, 15) is 21.6 Å². The van der Waals surface area contributed by atoms with Crippen molar-refractivity contribution in [2.45, 2.75) is 31.7 Å². The van der Waals surface area contributed by atoms with Crippen LogP contribution in [0.4, 0.5) is 13.2 Å². The Kier molecular flexibility index (Phi) is 5.78. The normalized spacial score (nSPS) is 14.2. The maximum Gasteiger partial charge on any atom is 0.536 e. The molecule has 0 saturated carbocycles. The Labute approximate surface area is 196 Å². The Morgan fingerprint density at radius 2 is 1.32 bits per heavy atom. The lowest BCUT2D eigenvalue weighted by atomic mass is 9.87. The summed E-state index contributed by atoms with van der Waals surface area (Å²) >= 11 is 0. The topological polar surface area (TPSA) is 55.7 Å². The van der Waals surface area contributed by atoms with Gasteiger partial charge in [0.05, 0.1) is 0 Å². The van der Waals surface area contributed by atoms with Crippen LogP contribution in [0.15, 0.2) is 71.9 Å². The van der Waals surface area contributed by atoms with Crippen LogP contribution in [-0.2, 0) is 19.8 Å². The molecule has 0 saturated heterocycles. The molecule has 8 heteroatoms. The zero-order valence-electron chi connectivity index (χ0n) is 18.6. The molecular formula is C26H20F3NO3S. The predicted octanol–water partition coefficient (Wildman–Crippen LogP) is 5.98. The molecule has 4 rings (SSSR count). The fourth-order valence-electron chi connectivity index (χ4n) is 3.55. The highest BCUT2D eigenvalue weighted by Crippen LogP contribution is 2.38. The molecule has 34 heavy (non-hydrogen) atoms. The summed E-state index contributed by atoms with van der Waals surface area (Å²) in [5.41, 5.74) is -0.649. The summed E-state index contributed by atoms with van der Waals surface area (Å²) in [6.45, 7) is 6.37. The van der Waals surface area contributed by atoms with Crippen LogP contribution in [-0.4, -0.2) is 19.6 Å². The van der Waals surface area contributed by atoms with E-state index in [1.54, 1.807) is 42.5 Å². The molecule has 0 radical (unpaired) electrons. The van der Waals surface area contributed by atoms with Crippen LogP contribution in [0, 0.1) is 11.8 Å². The summed E-state index contributed by atoms with van der Waals surface area (Å²) in [6.07, 6.45) is 0. The molecule has 0 heterocycles. The lowest BCUT2D eigenvalue weighted by Crippen LogP contribution is -2.24. The molecule has 1 aliphatic rings. The predicted molar refractivity (Wildman–Crippen MR) is 125 cm³/mol. The first-order chi connectivity index (χ1) is 15.9. The molecule has 0 fully saturated rings. The van der Waals surface area contributed by atoms with Gasteiger partial charge in [-0.05, 0) is 46.4 Å². The molecule has 0 atom stereocenters. The van der Waals surface area contributed by atoms with E-state index < -0.39 is 15.6 Å². The second-order valence-electron chi connectivity index (χ2n) is 8.80. The summed E-state index contributed by atoms with van der Waals surface area (Å²) in [6, 6.07) is 20.0. The van der Waals surface area contributed by atoms with E-state index in [4.69, 9.17) is 0 Å². The van der Waals surface area contributed by atoms with Gasteiger partial charge in [-0.1, -0.05) is 80.2 Å². The Hall–Kier alpha value is -3.57. The van der Waals surface area contributed by atoms with Gasteiger partial charge in [-0.25, -0.2) is 0 Å². The van der Waals surface area contributed by atoms with Crippen molar-refractivity contribution in [2.24, 2.45) is 5.16 Å². The molecule has 0 aliphatic heterocycles. The Bertz CT molecular complexity index is 1450. The van der Waals surface area contributed by atoms with E-state index >= 15 is 0 Å². The SMILES string of the molecule is CC(C)(C)c1ccc(C#Cc2ccc3c(c2)/C(=N\OS(=O)(=O)C(F)(F)F)c2ccccc2-3)cc1. The van der Waals surface area contributed by atoms with Crippen molar-refractivity contribution in [1.29, 1.82) is 0 Å². The average molecular weight is 484 g/mol. The highest BCUT2D eigenvalue weighted by Gasteiger charge is 2.49. The van der Waals surface area contributed by atoms with Crippen LogP contribution in [0.3, 0.4) is 0 Å². The highest BCUT2D eigenvalue weighted by molar-refractivity contribution is 7.87. The maximum atomic E-state index is 12.7. The number of fused-ring (bicyclic) bond motifs is 3. The number of nitrogens with zero attached hydrogens (tertiary/aromatic N) is 1. The molecule has 174 valence electrons. The van der Waals surface area contributed by atoms with Gasteiger partial charge in [0.1, 0.15) is 5.71 Å². The zero-order valence-corrected chi connectivity index (χ0v) is 19.4. The van der Waals surface area contributed by atoms with Crippen LogP contribution >= 0.6 is 0 Å². The van der Waals surface area contributed by atoms with Crippen LogP contribution < -0.4 is 0 Å². The molecule has 0 bridgehead atoms. The Morgan fingerprint density at radius 1 is 0.765 bits per heavy atom. The minimum atomic E-state index is -5.88. The number of hydrogen-bond acceptors (Lipinski definition) is 4. The quantitative estimate of drug-likeness (QED) is 0.200. The number of benzene rings is 3. The third-order valence-corrected chi connectivity index (χ3v) is 6.20. The van der Waals surface area contributed by atoms with E-state index in [1.807, 2.05) is 24.3 Å². The van der Waals surface area contributed by atoms with Gasteiger partial charge in [0.2, 0.25) is 0 Å². The maximum absolute atomic E-state index is 12.7. The van der Waals surface area contributed by atoms with Gasteiger partial charge in [0.25, 0.3) is 0 Å². The third-order valence-electron chi connectivity index (χ3n) is 5.36. The van der Waals surface area contributed by atoms with Crippen LogP contribution in [0.25, 0.3) is 11.1 Å². The number of halogens is 3. The lowest BCUT2D eigenvalue weighted by Gasteiger charge is -2.18. The van der Waals surface area contributed by atoms with Crippen molar-refractivity contribution in [1.82, 2.24) is 0 Å². The lowest BCUT2D eigenvalue weighted by molar-refractivity contribution is -0.0540. The first-order valence-electron chi connectivity index (χ1n) is 10.3. The summed E-state index contributed by atoms with van der Waals surface area (Å²) in [5.74, 6) is 6.13. The number of oxime groups is 1. The van der Waals surface area contributed by atoms with Crippen molar-refractivity contribution in [2.75, 3.05) is 0 Å². The highest BCUT2D eigenvalue weighted by atomic mass is 32.2. The van der Waals surface area contributed by atoms with Crippen LogP contribution in [0.1, 0.15) is 48.6 Å². The van der Waals surface area contributed by atoms with Crippen molar-refractivity contribution < 1.29 is 25.9 Å². The first kappa shape index (κ1) is 23.6. The summed E-state index contributed by atoms with van der Waals surface area (Å²) in [5, 5.41) is 3.40. The molecule has 0 amide bonds. The molecule has 0 spiro atoms. The Balaban J connectivity index is 1.71. The zero-order chi connectivity index (χ0) is 24.7. The largest absolute Gasteiger partial charge is 0.536 e. The first-order valence-corrected chi connectivity index (χ1v) is 11.7. The second-order valence-corrected chi connectivity index (χ2v) is 10.3. The van der Waals surface area contributed by atoms with Gasteiger partial charge in [-0.15, -0.1) is 0 Å². The average Bonchev–Trinajstić information content (AvgIpc) is 3.08. The summed E-state index contributed by atoms with van der Waals surface area (Å²) < 4.78 is 64.9. The molecule has 1 aliphatic carbocycles. The van der Waals surface area contributed by atoms with Gasteiger partial charge < -0.3 is 0 Å². The van der Waals surface area contributed by atoms with Gasteiger partial charge in [-0.3, -0.25) is 4.28 Å². The molecule has 3 aromatic carbocycles. The number of rotatable bonds is 2. The minimum absolute atomic E-state index is 0.00314. The number of alkyl halides is 3. The molecule has 0 N–H and O–H groups in total. The smallest absolute Gasteiger partial charge is 0.261 e. The van der Waals surface area contributed by atoms with Gasteiger partial charge >= 0.3 is 15.6 Å². The second kappa shape index (κ2) is 8.33. The van der Waals surface area contributed by atoms with Crippen molar-refractivity contribution >= 4 is 15.8 Å². The fourth-order valence-corrected chi connectivity index (χ4v) is 3.80. The van der Waals surface area contributed by atoms with Crippen LogP contribution in [0.5, 0.6) is 0 Å². The summed E-state index contributed by atoms with van der Waals surface area (Å²) in [7, 11) is -5.88. The standard InChI is InChI=1S/C26H20F3NO3S/c1-25(2,3)19-13-10-17(11-14-19)8-9-18-12-15-21-20-6-4-5-7-22(20)24(23(21)16-18)30-33-34(31,32)26(27,28)29/h4-7,10-16H,1-3H3/b30-24-. The molecule has 0 unspecified atom stereocenters. The van der Waals surface area contributed by atoms with E-state index in [-0.39, 0.29) is 11.1 Å². The van der Waals surface area contributed by atoms with Crippen molar-refractivity contribution in [3.63, 3.8) is 0 Å². The van der Waals surface area contributed by atoms with Crippen LogP contribution in [0.2, 0.25) is 0 Å². The molecule has 0 aromatic heterocycles. The van der Waals surface area contributed by atoms with Crippen molar-refractivity contribution in [3.8, 4) is 23.0 Å². The van der Waals surface area contributed by atoms with E-state index in [0.717, 1.165) is 5.56 Å².